The number of rotatable bonds is 11. The minimum Gasteiger partial charge on any atom is -0.493 e. The average Bonchev–Trinajstić information content (AvgIpc) is 2.93. The van der Waals surface area contributed by atoms with Gasteiger partial charge in [-0.2, -0.15) is 0 Å². The number of aryl methyl sites for hydroxylation is 1. The summed E-state index contributed by atoms with van der Waals surface area (Å²) in [5.74, 6) is 0.654. The van der Waals surface area contributed by atoms with Crippen LogP contribution in [0, 0.1) is 5.41 Å². The first kappa shape index (κ1) is 26.5. The van der Waals surface area contributed by atoms with Gasteiger partial charge in [0.1, 0.15) is 11.6 Å². The van der Waals surface area contributed by atoms with Gasteiger partial charge in [0, 0.05) is 49.4 Å². The second-order valence-corrected chi connectivity index (χ2v) is 8.86. The SMILES string of the molecule is C/N=C1/C=CC=C/C1=N/C=C/[C@H](CC(=O)O)Nc1ccc(OCCc2ccc3c(n2)NCCC3)cc1C=N. The van der Waals surface area contributed by atoms with E-state index >= 15 is 0 Å². The van der Waals surface area contributed by atoms with Gasteiger partial charge < -0.3 is 25.9 Å². The molecule has 1 aliphatic carbocycles. The number of ether oxygens (including phenoxy) is 1. The van der Waals surface area contributed by atoms with Crippen molar-refractivity contribution in [1.82, 2.24) is 4.98 Å². The van der Waals surface area contributed by atoms with Crippen LogP contribution in [0.3, 0.4) is 0 Å². The maximum Gasteiger partial charge on any atom is 0.305 e. The number of benzene rings is 1. The van der Waals surface area contributed by atoms with Crippen LogP contribution in [-0.2, 0) is 17.6 Å². The molecule has 9 heteroatoms. The Morgan fingerprint density at radius 2 is 2.11 bits per heavy atom. The van der Waals surface area contributed by atoms with Crippen LogP contribution in [-0.4, -0.2) is 59.9 Å². The molecule has 4 rings (SSSR count). The molecule has 1 aromatic carbocycles. The van der Waals surface area contributed by atoms with Crippen LogP contribution in [0.4, 0.5) is 11.5 Å². The predicted octanol–water partition coefficient (Wildman–Crippen LogP) is 4.47. The quantitative estimate of drug-likeness (QED) is 0.260. The maximum absolute atomic E-state index is 11.5. The zero-order valence-electron chi connectivity index (χ0n) is 21.4. The summed E-state index contributed by atoms with van der Waals surface area (Å²) >= 11 is 0. The van der Waals surface area contributed by atoms with Gasteiger partial charge in [-0.1, -0.05) is 18.2 Å². The fourth-order valence-electron chi connectivity index (χ4n) is 4.21. The molecule has 9 nitrogen and oxygen atoms in total. The molecule has 4 N–H and O–H groups in total. The van der Waals surface area contributed by atoms with Gasteiger partial charge in [0.05, 0.1) is 30.5 Å². The van der Waals surface area contributed by atoms with Gasteiger partial charge in [-0.05, 0) is 60.9 Å². The number of fused-ring (bicyclic) bond motifs is 1. The van der Waals surface area contributed by atoms with Crippen molar-refractivity contribution < 1.29 is 14.6 Å². The van der Waals surface area contributed by atoms with E-state index in [0.717, 1.165) is 36.6 Å². The van der Waals surface area contributed by atoms with E-state index in [1.54, 1.807) is 31.5 Å². The number of carbonyl (C=O) groups is 1. The highest BCUT2D eigenvalue weighted by molar-refractivity contribution is 6.51. The molecule has 1 aliphatic heterocycles. The summed E-state index contributed by atoms with van der Waals surface area (Å²) in [7, 11) is 1.70. The maximum atomic E-state index is 11.5. The number of aliphatic imine (C=N–C) groups is 2. The van der Waals surface area contributed by atoms with E-state index in [9.17, 15) is 9.90 Å². The molecule has 0 spiro atoms. The van der Waals surface area contributed by atoms with Gasteiger partial charge in [0.2, 0.25) is 0 Å². The molecule has 0 fully saturated rings. The largest absolute Gasteiger partial charge is 0.493 e. The average molecular weight is 513 g/mol. The number of aliphatic carboxylic acids is 1. The van der Waals surface area contributed by atoms with Crippen molar-refractivity contribution in [3.8, 4) is 5.75 Å². The Labute approximate surface area is 222 Å². The van der Waals surface area contributed by atoms with Crippen LogP contribution in [0.15, 0.2) is 76.9 Å². The summed E-state index contributed by atoms with van der Waals surface area (Å²) in [6.07, 6.45) is 14.7. The number of aromatic nitrogens is 1. The van der Waals surface area contributed by atoms with Crippen molar-refractivity contribution in [2.24, 2.45) is 9.98 Å². The van der Waals surface area contributed by atoms with E-state index in [1.807, 2.05) is 36.4 Å². The van der Waals surface area contributed by atoms with Crippen molar-refractivity contribution in [2.75, 3.05) is 30.8 Å². The van der Waals surface area contributed by atoms with Crippen LogP contribution in [0.5, 0.6) is 5.75 Å². The molecule has 1 atom stereocenters. The number of hydrogen-bond donors (Lipinski definition) is 4. The summed E-state index contributed by atoms with van der Waals surface area (Å²) in [6, 6.07) is 9.01. The molecule has 2 aromatic rings. The van der Waals surface area contributed by atoms with E-state index in [2.05, 4.69) is 26.7 Å². The summed E-state index contributed by atoms with van der Waals surface area (Å²) in [4.78, 5) is 24.8. The highest BCUT2D eigenvalue weighted by atomic mass is 16.5. The Morgan fingerprint density at radius 1 is 1.26 bits per heavy atom. The monoisotopic (exact) mass is 512 g/mol. The molecule has 38 heavy (non-hydrogen) atoms. The van der Waals surface area contributed by atoms with E-state index < -0.39 is 12.0 Å². The van der Waals surface area contributed by atoms with Crippen molar-refractivity contribution >= 4 is 35.1 Å². The number of carboxylic acids is 1. The number of hydrogen-bond acceptors (Lipinski definition) is 8. The highest BCUT2D eigenvalue weighted by Crippen LogP contribution is 2.23. The van der Waals surface area contributed by atoms with Gasteiger partial charge in [-0.25, -0.2) is 4.98 Å². The first-order chi connectivity index (χ1) is 18.6. The minimum absolute atomic E-state index is 0.149. The molecule has 0 amide bonds. The van der Waals surface area contributed by atoms with Crippen LogP contribution in [0.25, 0.3) is 0 Å². The van der Waals surface area contributed by atoms with Crippen LogP contribution >= 0.6 is 0 Å². The smallest absolute Gasteiger partial charge is 0.305 e. The van der Waals surface area contributed by atoms with Crippen molar-refractivity contribution in [3.63, 3.8) is 0 Å². The second-order valence-electron chi connectivity index (χ2n) is 8.86. The molecule has 2 heterocycles. The molecule has 2 aliphatic rings. The third-order valence-corrected chi connectivity index (χ3v) is 6.15. The number of allylic oxidation sites excluding steroid dienone is 4. The van der Waals surface area contributed by atoms with Crippen LogP contribution < -0.4 is 15.4 Å². The zero-order chi connectivity index (χ0) is 26.7. The first-order valence-corrected chi connectivity index (χ1v) is 12.6. The summed E-state index contributed by atoms with van der Waals surface area (Å²) in [6.45, 7) is 1.40. The molecule has 1 aromatic heterocycles. The Bertz CT molecular complexity index is 1330. The van der Waals surface area contributed by atoms with Gasteiger partial charge in [0.25, 0.3) is 0 Å². The third-order valence-electron chi connectivity index (χ3n) is 6.15. The Balaban J connectivity index is 1.39. The predicted molar refractivity (Wildman–Crippen MR) is 152 cm³/mol. The lowest BCUT2D eigenvalue weighted by Gasteiger charge is -2.18. The summed E-state index contributed by atoms with van der Waals surface area (Å²) < 4.78 is 5.93. The number of pyridine rings is 1. The zero-order valence-corrected chi connectivity index (χ0v) is 21.4. The van der Waals surface area contributed by atoms with E-state index in [0.29, 0.717) is 35.7 Å². The molecule has 0 unspecified atom stereocenters. The fourth-order valence-corrected chi connectivity index (χ4v) is 4.21. The lowest BCUT2D eigenvalue weighted by atomic mass is 10.1. The number of anilines is 2. The van der Waals surface area contributed by atoms with Gasteiger partial charge >= 0.3 is 5.97 Å². The fraction of sp³-hybridized carbons (Fsp3) is 0.276. The van der Waals surface area contributed by atoms with Crippen LogP contribution in [0.2, 0.25) is 0 Å². The number of nitrogens with one attached hydrogen (secondary N) is 3. The van der Waals surface area contributed by atoms with E-state index in [1.165, 1.54) is 11.8 Å². The Morgan fingerprint density at radius 3 is 2.89 bits per heavy atom. The third kappa shape index (κ3) is 7.25. The first-order valence-electron chi connectivity index (χ1n) is 12.6. The van der Waals surface area contributed by atoms with Gasteiger partial charge in [0.15, 0.2) is 0 Å². The van der Waals surface area contributed by atoms with Crippen LogP contribution in [0.1, 0.15) is 29.7 Å². The standard InChI is InChI=1S/C29H32N6O3/c1-31-26-6-2-3-7-27(26)32-15-12-23(18-28(36)37)34-25-11-10-24(17-21(25)19-30)38-16-13-22-9-8-20-5-4-14-33-29(20)35-22/h2-3,6-12,15,17,19,23,30,34H,4-5,13-14,16,18H2,1H3,(H,33,35)(H,36,37)/b15-12+,30-19?,31-26-,32-27-/t23-/m1/s1. The topological polar surface area (TPSA) is 132 Å². The molecule has 0 saturated heterocycles. The van der Waals surface area contributed by atoms with E-state index in [4.69, 9.17) is 15.1 Å². The Kier molecular flexibility index (Phi) is 9.17. The normalized spacial score (nSPS) is 17.3. The number of nitrogens with zero attached hydrogens (tertiary/aromatic N) is 3. The second kappa shape index (κ2) is 13.1. The van der Waals surface area contributed by atoms with Crippen molar-refractivity contribution in [1.29, 1.82) is 5.41 Å². The molecule has 0 radical (unpaired) electrons. The number of carboxylic acid groups (broad SMARTS) is 1. The molecular weight excluding hydrogens is 480 g/mol. The summed E-state index contributed by atoms with van der Waals surface area (Å²) in [5, 5.41) is 23.8. The minimum atomic E-state index is -0.946. The molecule has 0 bridgehead atoms. The molecule has 0 saturated carbocycles. The van der Waals surface area contributed by atoms with Gasteiger partial charge in [-0.3, -0.25) is 14.8 Å². The molecular formula is C29H32N6O3. The molecule has 196 valence electrons. The summed E-state index contributed by atoms with van der Waals surface area (Å²) in [5.41, 5.74) is 4.90. The lowest BCUT2D eigenvalue weighted by molar-refractivity contribution is -0.137. The van der Waals surface area contributed by atoms with Crippen molar-refractivity contribution in [2.45, 2.75) is 31.7 Å². The highest BCUT2D eigenvalue weighted by Gasteiger charge is 2.14. The van der Waals surface area contributed by atoms with E-state index in [-0.39, 0.29) is 6.42 Å². The lowest BCUT2D eigenvalue weighted by Crippen LogP contribution is -2.21. The van der Waals surface area contributed by atoms with Crippen molar-refractivity contribution in [3.05, 3.63) is 83.7 Å². The van der Waals surface area contributed by atoms with Gasteiger partial charge in [-0.15, -0.1) is 0 Å². The Hall–Kier alpha value is -4.53.